The molecule has 1 N–H and O–H groups in total. The second-order valence-corrected chi connectivity index (χ2v) is 7.49. The summed E-state index contributed by atoms with van der Waals surface area (Å²) in [7, 11) is -3.38. The second kappa shape index (κ2) is 4.24. The van der Waals surface area contributed by atoms with Gasteiger partial charge >= 0.3 is 0 Å². The smallest absolute Gasteiger partial charge is 0.242 e. The lowest BCUT2D eigenvalue weighted by atomic mass is 9.95. The Morgan fingerprint density at radius 2 is 2.18 bits per heavy atom. The number of hydrogen-bond acceptors (Lipinski definition) is 4. The van der Waals surface area contributed by atoms with Crippen LogP contribution in [0.1, 0.15) is 33.1 Å². The highest BCUT2D eigenvalue weighted by Crippen LogP contribution is 2.32. The molecule has 2 rings (SSSR count). The van der Waals surface area contributed by atoms with E-state index in [9.17, 15) is 13.2 Å². The first-order chi connectivity index (χ1) is 7.83. The number of hydrogen-bond donors (Lipinski definition) is 1. The van der Waals surface area contributed by atoms with Crippen molar-refractivity contribution in [1.29, 1.82) is 0 Å². The Morgan fingerprint density at radius 1 is 1.47 bits per heavy atom. The molecule has 17 heavy (non-hydrogen) atoms. The summed E-state index contributed by atoms with van der Waals surface area (Å²) in [5.41, 5.74) is -0.762. The van der Waals surface area contributed by atoms with Gasteiger partial charge in [0.25, 0.3) is 0 Å². The fraction of sp³-hybridized carbons (Fsp3) is 0.909. The molecule has 0 aliphatic carbocycles. The maximum atomic E-state index is 12.0. The Hall–Kier alpha value is -0.620. The number of nitrogens with zero attached hydrogens (tertiary/aromatic N) is 1. The van der Waals surface area contributed by atoms with Gasteiger partial charge in [-0.3, -0.25) is 4.79 Å². The predicted octanol–water partition coefficient (Wildman–Crippen LogP) is 0.327. The van der Waals surface area contributed by atoms with E-state index in [0.717, 1.165) is 30.1 Å². The third-order valence-electron chi connectivity index (χ3n) is 3.53. The fourth-order valence-electron chi connectivity index (χ4n) is 2.58. The summed E-state index contributed by atoms with van der Waals surface area (Å²) >= 11 is 0. The highest BCUT2D eigenvalue weighted by atomic mass is 32.2. The lowest BCUT2D eigenvalue weighted by Gasteiger charge is -2.19. The standard InChI is InChI=1S/C11H20N2O3S/c1-11(2)8-17(15,16)13(10(11)14)7-5-9-4-3-6-12-9/h9,12H,3-8H2,1-2H3. The van der Waals surface area contributed by atoms with Crippen LogP contribution < -0.4 is 5.32 Å². The Morgan fingerprint density at radius 3 is 2.65 bits per heavy atom. The third-order valence-corrected chi connectivity index (χ3v) is 5.63. The summed E-state index contributed by atoms with van der Waals surface area (Å²) in [6.07, 6.45) is 2.93. The van der Waals surface area contributed by atoms with Crippen molar-refractivity contribution in [2.75, 3.05) is 18.8 Å². The lowest BCUT2D eigenvalue weighted by molar-refractivity contribution is -0.132. The van der Waals surface area contributed by atoms with Crippen LogP contribution in [0.25, 0.3) is 0 Å². The van der Waals surface area contributed by atoms with Gasteiger partial charge < -0.3 is 5.32 Å². The van der Waals surface area contributed by atoms with Crippen molar-refractivity contribution in [1.82, 2.24) is 9.62 Å². The van der Waals surface area contributed by atoms with Gasteiger partial charge in [-0.05, 0) is 39.7 Å². The number of sulfonamides is 1. The Labute approximate surface area is 103 Å². The molecule has 0 bridgehead atoms. The first-order valence-corrected chi connectivity index (χ1v) is 7.72. The van der Waals surface area contributed by atoms with Crippen molar-refractivity contribution >= 4 is 15.9 Å². The van der Waals surface area contributed by atoms with Gasteiger partial charge in [0.15, 0.2) is 0 Å². The molecule has 2 saturated heterocycles. The molecule has 2 heterocycles. The van der Waals surface area contributed by atoms with Crippen LogP contribution in [-0.4, -0.2) is 43.5 Å². The molecule has 98 valence electrons. The number of carbonyl (C=O) groups excluding carboxylic acids is 1. The molecule has 0 spiro atoms. The summed E-state index contributed by atoms with van der Waals surface area (Å²) in [5.74, 6) is -0.313. The van der Waals surface area contributed by atoms with Crippen LogP contribution >= 0.6 is 0 Å². The summed E-state index contributed by atoms with van der Waals surface area (Å²) in [6.45, 7) is 4.71. The van der Waals surface area contributed by atoms with E-state index < -0.39 is 15.4 Å². The minimum atomic E-state index is -3.38. The average molecular weight is 260 g/mol. The topological polar surface area (TPSA) is 66.5 Å². The van der Waals surface area contributed by atoms with Gasteiger partial charge in [0.05, 0.1) is 11.2 Å². The zero-order chi connectivity index (χ0) is 12.7. The van der Waals surface area contributed by atoms with Crippen LogP contribution in [0, 0.1) is 5.41 Å². The van der Waals surface area contributed by atoms with Gasteiger partial charge in [-0.1, -0.05) is 0 Å². The molecule has 1 amide bonds. The van der Waals surface area contributed by atoms with Crippen molar-refractivity contribution in [3.63, 3.8) is 0 Å². The second-order valence-electron chi connectivity index (χ2n) is 5.60. The van der Waals surface area contributed by atoms with E-state index in [1.807, 2.05) is 0 Å². The molecular weight excluding hydrogens is 240 g/mol. The summed E-state index contributed by atoms with van der Waals surface area (Å²) in [6, 6.07) is 0.363. The molecule has 2 aliphatic heterocycles. The number of carbonyl (C=O) groups is 1. The number of nitrogens with one attached hydrogen (secondary N) is 1. The highest BCUT2D eigenvalue weighted by Gasteiger charge is 2.48. The largest absolute Gasteiger partial charge is 0.314 e. The zero-order valence-electron chi connectivity index (χ0n) is 10.4. The van der Waals surface area contributed by atoms with Crippen molar-refractivity contribution in [3.05, 3.63) is 0 Å². The molecular formula is C11H20N2O3S. The van der Waals surface area contributed by atoms with Crippen molar-refractivity contribution < 1.29 is 13.2 Å². The van der Waals surface area contributed by atoms with Crippen LogP contribution in [-0.2, 0) is 14.8 Å². The van der Waals surface area contributed by atoms with Crippen molar-refractivity contribution in [2.45, 2.75) is 39.2 Å². The van der Waals surface area contributed by atoms with Gasteiger partial charge in [-0.2, -0.15) is 0 Å². The molecule has 2 fully saturated rings. The number of amides is 1. The predicted molar refractivity (Wildman–Crippen MR) is 64.9 cm³/mol. The van der Waals surface area contributed by atoms with E-state index in [0.29, 0.717) is 12.6 Å². The molecule has 0 aromatic heterocycles. The van der Waals surface area contributed by atoms with E-state index in [-0.39, 0.29) is 11.7 Å². The molecule has 6 heteroatoms. The summed E-state index contributed by atoms with van der Waals surface area (Å²) in [4.78, 5) is 12.0. The van der Waals surface area contributed by atoms with Gasteiger partial charge in [-0.15, -0.1) is 0 Å². The van der Waals surface area contributed by atoms with E-state index in [1.165, 1.54) is 0 Å². The zero-order valence-corrected chi connectivity index (χ0v) is 11.2. The molecule has 5 nitrogen and oxygen atoms in total. The highest BCUT2D eigenvalue weighted by molar-refractivity contribution is 7.90. The normalized spacial score (nSPS) is 31.1. The monoisotopic (exact) mass is 260 g/mol. The first kappa shape index (κ1) is 12.8. The van der Waals surface area contributed by atoms with Gasteiger partial charge in [0.1, 0.15) is 0 Å². The van der Waals surface area contributed by atoms with Gasteiger partial charge in [-0.25, -0.2) is 12.7 Å². The molecule has 0 aromatic rings. The van der Waals surface area contributed by atoms with Gasteiger partial charge in [0.2, 0.25) is 15.9 Å². The minimum absolute atomic E-state index is 0.0586. The SMILES string of the molecule is CC1(C)CS(=O)(=O)N(CCC2CCCN2)C1=O. The average Bonchev–Trinajstić information content (AvgIpc) is 2.72. The molecule has 1 atom stereocenters. The van der Waals surface area contributed by atoms with E-state index in [4.69, 9.17) is 0 Å². The van der Waals surface area contributed by atoms with Crippen molar-refractivity contribution in [3.8, 4) is 0 Å². The van der Waals surface area contributed by atoms with Gasteiger partial charge in [0, 0.05) is 12.6 Å². The third kappa shape index (κ3) is 2.47. The van der Waals surface area contributed by atoms with E-state index in [1.54, 1.807) is 13.8 Å². The van der Waals surface area contributed by atoms with Crippen molar-refractivity contribution in [2.24, 2.45) is 5.41 Å². The summed E-state index contributed by atoms with van der Waals surface area (Å²) < 4.78 is 24.8. The van der Waals surface area contributed by atoms with E-state index >= 15 is 0 Å². The van der Waals surface area contributed by atoms with Crippen LogP contribution in [0.3, 0.4) is 0 Å². The first-order valence-electron chi connectivity index (χ1n) is 6.11. The minimum Gasteiger partial charge on any atom is -0.314 e. The maximum Gasteiger partial charge on any atom is 0.242 e. The van der Waals surface area contributed by atoms with Crippen LogP contribution in [0.2, 0.25) is 0 Å². The molecule has 0 aromatic carbocycles. The quantitative estimate of drug-likeness (QED) is 0.794. The molecule has 2 aliphatic rings. The molecule has 0 radical (unpaired) electrons. The Balaban J connectivity index is 2.02. The van der Waals surface area contributed by atoms with Crippen LogP contribution in [0.4, 0.5) is 0 Å². The summed E-state index contributed by atoms with van der Waals surface area (Å²) in [5, 5.41) is 3.31. The van der Waals surface area contributed by atoms with Crippen LogP contribution in [0.15, 0.2) is 0 Å². The molecule has 1 unspecified atom stereocenters. The molecule has 0 saturated carbocycles. The lowest BCUT2D eigenvalue weighted by Crippen LogP contribution is -2.36. The Bertz CT molecular complexity index is 410. The van der Waals surface area contributed by atoms with E-state index in [2.05, 4.69) is 5.32 Å². The fourth-order valence-corrected chi connectivity index (χ4v) is 4.65. The maximum absolute atomic E-state index is 12.0. The van der Waals surface area contributed by atoms with Crippen LogP contribution in [0.5, 0.6) is 0 Å². The number of rotatable bonds is 3. The Kier molecular flexibility index (Phi) is 3.20.